The first-order chi connectivity index (χ1) is 13.8. The topological polar surface area (TPSA) is 114 Å². The number of hydrogen-bond donors (Lipinski definition) is 3. The maximum absolute atomic E-state index is 12.3. The van der Waals surface area contributed by atoms with Gasteiger partial charge in [0.05, 0.1) is 22.8 Å². The van der Waals surface area contributed by atoms with E-state index in [-0.39, 0.29) is 5.25 Å². The molecule has 0 aliphatic heterocycles. The van der Waals surface area contributed by atoms with Crippen LogP contribution in [0.5, 0.6) is 0 Å². The lowest BCUT2D eigenvalue weighted by atomic mass is 10.2. The van der Waals surface area contributed by atoms with Crippen molar-refractivity contribution in [2.45, 2.75) is 25.0 Å². The van der Waals surface area contributed by atoms with Crippen LogP contribution in [0.4, 0.5) is 29.0 Å². The molecule has 0 radical (unpaired) electrons. The molecule has 29 heavy (non-hydrogen) atoms. The third kappa shape index (κ3) is 4.43. The Hall–Kier alpha value is -2.85. The van der Waals surface area contributed by atoms with Gasteiger partial charge in [-0.25, -0.2) is 13.4 Å². The molecule has 1 fully saturated rings. The van der Waals surface area contributed by atoms with E-state index >= 15 is 0 Å². The van der Waals surface area contributed by atoms with Crippen molar-refractivity contribution >= 4 is 50.6 Å². The highest BCUT2D eigenvalue weighted by Crippen LogP contribution is 2.33. The molecule has 152 valence electrons. The van der Waals surface area contributed by atoms with Crippen LogP contribution < -0.4 is 15.4 Å². The second-order valence-electron chi connectivity index (χ2n) is 6.83. The lowest BCUT2D eigenvalue weighted by Gasteiger charge is -2.14. The van der Waals surface area contributed by atoms with E-state index in [0.29, 0.717) is 46.8 Å². The Bertz CT molecular complexity index is 1140. The molecule has 3 aromatic rings. The zero-order valence-electron chi connectivity index (χ0n) is 15.8. The summed E-state index contributed by atoms with van der Waals surface area (Å²) in [5.41, 5.74) is 1.96. The Balaban J connectivity index is 1.58. The number of hydrogen-bond acceptors (Lipinski definition) is 7. The predicted molar refractivity (Wildman–Crippen MR) is 114 cm³/mol. The summed E-state index contributed by atoms with van der Waals surface area (Å²) in [5.74, 6) is 1.26. The van der Waals surface area contributed by atoms with Crippen LogP contribution in [-0.2, 0) is 17.1 Å². The van der Waals surface area contributed by atoms with E-state index in [1.807, 2.05) is 20.0 Å². The minimum absolute atomic E-state index is 0.299. The molecule has 0 amide bonds. The number of anilines is 5. The summed E-state index contributed by atoms with van der Waals surface area (Å²) in [6.45, 7) is 1.94. The van der Waals surface area contributed by atoms with E-state index in [1.54, 1.807) is 28.9 Å². The molecule has 1 aliphatic carbocycles. The van der Waals surface area contributed by atoms with Crippen LogP contribution in [0.2, 0.25) is 5.02 Å². The molecule has 0 spiro atoms. The highest BCUT2D eigenvalue weighted by molar-refractivity contribution is 7.93. The Morgan fingerprint density at radius 2 is 1.90 bits per heavy atom. The smallest absolute Gasteiger partial charge is 0.235 e. The number of nitrogens with one attached hydrogen (secondary N) is 3. The molecule has 1 aromatic carbocycles. The molecule has 1 saturated carbocycles. The van der Waals surface area contributed by atoms with E-state index in [9.17, 15) is 8.42 Å². The Labute approximate surface area is 173 Å². The molecule has 2 heterocycles. The van der Waals surface area contributed by atoms with Gasteiger partial charge in [0.1, 0.15) is 5.02 Å². The van der Waals surface area contributed by atoms with Crippen LogP contribution in [0.15, 0.2) is 36.5 Å². The van der Waals surface area contributed by atoms with Crippen LogP contribution in [0.3, 0.4) is 0 Å². The average Bonchev–Trinajstić information content (AvgIpc) is 3.47. The zero-order chi connectivity index (χ0) is 20.6. The first-order valence-corrected chi connectivity index (χ1v) is 10.9. The predicted octanol–water partition coefficient (Wildman–Crippen LogP) is 3.56. The number of rotatable bonds is 7. The maximum atomic E-state index is 12.3. The molecule has 4 rings (SSSR count). The van der Waals surface area contributed by atoms with Gasteiger partial charge in [-0.1, -0.05) is 23.7 Å². The van der Waals surface area contributed by atoms with Crippen molar-refractivity contribution < 1.29 is 8.42 Å². The van der Waals surface area contributed by atoms with Crippen LogP contribution in [0, 0.1) is 6.92 Å². The lowest BCUT2D eigenvalue weighted by molar-refractivity contribution is 0.600. The molecule has 0 bridgehead atoms. The quantitative estimate of drug-likeness (QED) is 0.521. The second kappa shape index (κ2) is 7.53. The molecule has 0 unspecified atom stereocenters. The van der Waals surface area contributed by atoms with E-state index in [2.05, 4.69) is 30.4 Å². The SMILES string of the molecule is Cc1cc(Nc2ncc(Cl)c(Nc3ccccc3NS(=O)(=O)C3CC3)n2)nn1C. The molecular weight excluding hydrogens is 414 g/mol. The first kappa shape index (κ1) is 19.5. The summed E-state index contributed by atoms with van der Waals surface area (Å²) in [5, 5.41) is 10.4. The highest BCUT2D eigenvalue weighted by atomic mass is 35.5. The maximum Gasteiger partial charge on any atom is 0.235 e. The van der Waals surface area contributed by atoms with E-state index < -0.39 is 10.0 Å². The normalized spacial score (nSPS) is 13.9. The number of halogens is 1. The van der Waals surface area contributed by atoms with Crippen molar-refractivity contribution in [2.75, 3.05) is 15.4 Å². The zero-order valence-corrected chi connectivity index (χ0v) is 17.4. The first-order valence-electron chi connectivity index (χ1n) is 9.00. The number of aryl methyl sites for hydroxylation is 2. The van der Waals surface area contributed by atoms with Gasteiger partial charge in [-0.05, 0) is 31.9 Å². The largest absolute Gasteiger partial charge is 0.337 e. The fourth-order valence-electron chi connectivity index (χ4n) is 2.67. The number of aromatic nitrogens is 4. The lowest BCUT2D eigenvalue weighted by Crippen LogP contribution is -2.18. The number of benzene rings is 1. The Kier molecular flexibility index (Phi) is 5.05. The molecule has 2 aromatic heterocycles. The van der Waals surface area contributed by atoms with Crippen molar-refractivity contribution in [3.05, 3.63) is 47.2 Å². The minimum Gasteiger partial charge on any atom is -0.337 e. The van der Waals surface area contributed by atoms with Crippen molar-refractivity contribution in [1.29, 1.82) is 0 Å². The molecule has 1 aliphatic rings. The van der Waals surface area contributed by atoms with Crippen molar-refractivity contribution in [3.8, 4) is 0 Å². The van der Waals surface area contributed by atoms with Crippen LogP contribution >= 0.6 is 11.6 Å². The fourth-order valence-corrected chi connectivity index (χ4v) is 4.22. The standard InChI is InChI=1S/C18H20ClN7O2S/c1-11-9-16(24-26(11)2)22-18-20-10-13(19)17(23-18)21-14-5-3-4-6-15(14)25-29(27,28)12-7-8-12/h3-6,9-10,12,25H,7-8H2,1-2H3,(H2,20,21,22,23,24). The van der Waals surface area contributed by atoms with Crippen molar-refractivity contribution in [1.82, 2.24) is 19.7 Å². The summed E-state index contributed by atoms with van der Waals surface area (Å²) in [6, 6.07) is 8.86. The Morgan fingerprint density at radius 3 is 2.55 bits per heavy atom. The molecular formula is C18H20ClN7O2S. The molecule has 3 N–H and O–H groups in total. The van der Waals surface area contributed by atoms with Crippen molar-refractivity contribution in [2.24, 2.45) is 7.05 Å². The summed E-state index contributed by atoms with van der Waals surface area (Å²) < 4.78 is 29.0. The third-order valence-corrected chi connectivity index (χ3v) is 6.62. The van der Waals surface area contributed by atoms with E-state index in [1.165, 1.54) is 6.20 Å². The van der Waals surface area contributed by atoms with Crippen LogP contribution in [-0.4, -0.2) is 33.4 Å². The average molecular weight is 434 g/mol. The van der Waals surface area contributed by atoms with E-state index in [0.717, 1.165) is 5.69 Å². The molecule has 0 saturated heterocycles. The number of sulfonamides is 1. The fraction of sp³-hybridized carbons (Fsp3) is 0.278. The van der Waals surface area contributed by atoms with Gasteiger partial charge in [0.2, 0.25) is 16.0 Å². The monoisotopic (exact) mass is 433 g/mol. The summed E-state index contributed by atoms with van der Waals surface area (Å²) in [6.07, 6.45) is 2.83. The van der Waals surface area contributed by atoms with Gasteiger partial charge in [0, 0.05) is 18.8 Å². The Morgan fingerprint density at radius 1 is 1.17 bits per heavy atom. The molecule has 11 heteroatoms. The van der Waals surface area contributed by atoms with Gasteiger partial charge >= 0.3 is 0 Å². The van der Waals surface area contributed by atoms with Gasteiger partial charge in [-0.15, -0.1) is 0 Å². The minimum atomic E-state index is -3.39. The molecule has 0 atom stereocenters. The third-order valence-electron chi connectivity index (χ3n) is 4.49. The van der Waals surface area contributed by atoms with Crippen molar-refractivity contribution in [3.63, 3.8) is 0 Å². The number of para-hydroxylation sites is 2. The second-order valence-corrected chi connectivity index (χ2v) is 9.19. The number of nitrogens with zero attached hydrogens (tertiary/aromatic N) is 4. The van der Waals surface area contributed by atoms with Gasteiger partial charge in [0.25, 0.3) is 0 Å². The molecule has 9 nitrogen and oxygen atoms in total. The van der Waals surface area contributed by atoms with Gasteiger partial charge in [0.15, 0.2) is 11.6 Å². The van der Waals surface area contributed by atoms with Crippen LogP contribution in [0.25, 0.3) is 0 Å². The summed E-state index contributed by atoms with van der Waals surface area (Å²) in [7, 11) is -1.55. The van der Waals surface area contributed by atoms with Gasteiger partial charge < -0.3 is 10.6 Å². The van der Waals surface area contributed by atoms with E-state index in [4.69, 9.17) is 11.6 Å². The summed E-state index contributed by atoms with van der Waals surface area (Å²) >= 11 is 6.25. The summed E-state index contributed by atoms with van der Waals surface area (Å²) in [4.78, 5) is 8.57. The van der Waals surface area contributed by atoms with Gasteiger partial charge in [-0.2, -0.15) is 10.1 Å². The highest BCUT2D eigenvalue weighted by Gasteiger charge is 2.36. The van der Waals surface area contributed by atoms with Gasteiger partial charge in [-0.3, -0.25) is 9.40 Å². The van der Waals surface area contributed by atoms with Crippen LogP contribution in [0.1, 0.15) is 18.5 Å².